The Morgan fingerprint density at radius 1 is 1.30 bits per heavy atom. The van der Waals surface area contributed by atoms with Gasteiger partial charge in [0.1, 0.15) is 0 Å². The van der Waals surface area contributed by atoms with E-state index in [2.05, 4.69) is 20.6 Å². The zero-order chi connectivity index (χ0) is 15.4. The first-order chi connectivity index (χ1) is 9.45. The molecule has 0 saturated carbocycles. The van der Waals surface area contributed by atoms with Gasteiger partial charge in [0.2, 0.25) is 11.8 Å². The lowest BCUT2D eigenvalue weighted by atomic mass is 10.1. The molecular formula is C13H25N5O2. The van der Waals surface area contributed by atoms with Gasteiger partial charge in [-0.3, -0.25) is 9.59 Å². The molecule has 0 bridgehead atoms. The Labute approximate surface area is 119 Å². The third-order valence-corrected chi connectivity index (χ3v) is 2.18. The second-order valence-electron chi connectivity index (χ2n) is 4.74. The highest BCUT2D eigenvalue weighted by Gasteiger charge is 2.03. The Kier molecular flexibility index (Phi) is 9.94. The number of H-pyrrole nitrogens is 1. The monoisotopic (exact) mass is 283 g/mol. The molecule has 5 N–H and O–H groups in total. The molecule has 0 unspecified atom stereocenters. The molecule has 0 aromatic carbocycles. The fraction of sp³-hybridized carbons (Fsp3) is 0.615. The first-order valence-corrected chi connectivity index (χ1v) is 6.64. The van der Waals surface area contributed by atoms with E-state index in [0.29, 0.717) is 25.4 Å². The molecular weight excluding hydrogens is 258 g/mol. The number of rotatable bonds is 6. The molecule has 0 radical (unpaired) electrons. The third-order valence-electron chi connectivity index (χ3n) is 2.18. The second kappa shape index (κ2) is 11.0. The van der Waals surface area contributed by atoms with Crippen LogP contribution in [0, 0.1) is 12.8 Å². The van der Waals surface area contributed by atoms with Crippen molar-refractivity contribution in [1.82, 2.24) is 20.6 Å². The van der Waals surface area contributed by atoms with Crippen LogP contribution in [-0.2, 0) is 9.59 Å². The zero-order valence-corrected chi connectivity index (χ0v) is 12.4. The van der Waals surface area contributed by atoms with Crippen LogP contribution in [0.2, 0.25) is 0 Å². The number of nitrogens with zero attached hydrogens (tertiary/aromatic N) is 1. The van der Waals surface area contributed by atoms with Crippen LogP contribution in [0.3, 0.4) is 0 Å². The molecule has 0 aliphatic carbocycles. The number of nitrogens with one attached hydrogen (secondary N) is 3. The summed E-state index contributed by atoms with van der Waals surface area (Å²) in [4.78, 5) is 28.5. The van der Waals surface area contributed by atoms with Crippen molar-refractivity contribution in [2.45, 2.75) is 27.2 Å². The molecule has 0 aliphatic heterocycles. The Balaban J connectivity index is 0.000000493. The lowest BCUT2D eigenvalue weighted by Gasteiger charge is -2.07. The van der Waals surface area contributed by atoms with Crippen molar-refractivity contribution < 1.29 is 9.59 Å². The van der Waals surface area contributed by atoms with Crippen LogP contribution in [-0.4, -0.2) is 41.4 Å². The average molecular weight is 283 g/mol. The van der Waals surface area contributed by atoms with Crippen molar-refractivity contribution in [3.63, 3.8) is 0 Å². The number of aryl methyl sites for hydroxylation is 1. The topological polar surface area (TPSA) is 113 Å². The highest BCUT2D eigenvalue weighted by Crippen LogP contribution is 1.97. The molecule has 0 atom stereocenters. The number of carbonyl (C=O) groups excluding carboxylic acids is 2. The molecule has 7 heteroatoms. The average Bonchev–Trinajstić information content (AvgIpc) is 2.85. The number of carbonyl (C=O) groups is 2. The number of hydrogen-bond donors (Lipinski definition) is 4. The summed E-state index contributed by atoms with van der Waals surface area (Å²) >= 11 is 0. The number of aromatic nitrogens is 2. The predicted molar refractivity (Wildman–Crippen MR) is 77.9 cm³/mol. The summed E-state index contributed by atoms with van der Waals surface area (Å²) in [6.07, 6.45) is 3.96. The fourth-order valence-electron chi connectivity index (χ4n) is 1.24. The fourth-order valence-corrected chi connectivity index (χ4v) is 1.24. The van der Waals surface area contributed by atoms with E-state index in [4.69, 9.17) is 5.73 Å². The summed E-state index contributed by atoms with van der Waals surface area (Å²) in [5, 5.41) is 5.26. The zero-order valence-electron chi connectivity index (χ0n) is 12.4. The van der Waals surface area contributed by atoms with Gasteiger partial charge in [-0.1, -0.05) is 13.8 Å². The maximum Gasteiger partial charge on any atom is 0.233 e. The molecule has 2 amide bonds. The number of aromatic amines is 1. The Morgan fingerprint density at radius 2 is 1.90 bits per heavy atom. The second-order valence-corrected chi connectivity index (χ2v) is 4.74. The van der Waals surface area contributed by atoms with Crippen molar-refractivity contribution in [3.8, 4) is 0 Å². The summed E-state index contributed by atoms with van der Waals surface area (Å²) in [7, 11) is 0. The SMILES string of the molecule is CC(C)CC(=O)NCCNC(=O)CN.Cc1cnc[nH]1. The minimum atomic E-state index is -0.205. The van der Waals surface area contributed by atoms with Crippen molar-refractivity contribution in [2.75, 3.05) is 19.6 Å². The normalized spacial score (nSPS) is 9.65. The highest BCUT2D eigenvalue weighted by molar-refractivity contribution is 5.78. The minimum absolute atomic E-state index is 0.0139. The molecule has 0 aliphatic rings. The standard InChI is InChI=1S/C9H19N3O2.C4H6N2/c1-7(2)5-8(13)11-3-4-12-9(14)6-10;1-4-2-5-3-6-4/h7H,3-6,10H2,1-2H3,(H,11,13)(H,12,14);2-3H,1H3,(H,5,6). The van der Waals surface area contributed by atoms with Crippen LogP contribution >= 0.6 is 0 Å². The van der Waals surface area contributed by atoms with Gasteiger partial charge in [-0.25, -0.2) is 4.98 Å². The number of amides is 2. The molecule has 1 heterocycles. The van der Waals surface area contributed by atoms with Gasteiger partial charge in [-0.05, 0) is 12.8 Å². The highest BCUT2D eigenvalue weighted by atomic mass is 16.2. The molecule has 20 heavy (non-hydrogen) atoms. The smallest absolute Gasteiger partial charge is 0.233 e. The molecule has 7 nitrogen and oxygen atoms in total. The molecule has 1 rings (SSSR count). The maximum absolute atomic E-state index is 11.1. The van der Waals surface area contributed by atoms with Gasteiger partial charge in [0.15, 0.2) is 0 Å². The van der Waals surface area contributed by atoms with E-state index in [1.807, 2.05) is 20.8 Å². The van der Waals surface area contributed by atoms with E-state index in [1.165, 1.54) is 0 Å². The van der Waals surface area contributed by atoms with E-state index in [9.17, 15) is 9.59 Å². The number of hydrogen-bond acceptors (Lipinski definition) is 4. The molecule has 0 saturated heterocycles. The van der Waals surface area contributed by atoms with Crippen molar-refractivity contribution in [1.29, 1.82) is 0 Å². The lowest BCUT2D eigenvalue weighted by molar-refractivity contribution is -0.122. The van der Waals surface area contributed by atoms with Gasteiger partial charge in [0, 0.05) is 31.4 Å². The van der Waals surface area contributed by atoms with Crippen LogP contribution in [0.4, 0.5) is 0 Å². The summed E-state index contributed by atoms with van der Waals surface area (Å²) in [5.74, 6) is 0.165. The quantitative estimate of drug-likeness (QED) is 0.548. The van der Waals surface area contributed by atoms with Crippen molar-refractivity contribution in [3.05, 3.63) is 18.2 Å². The maximum atomic E-state index is 11.1. The molecule has 1 aromatic rings. The van der Waals surface area contributed by atoms with E-state index in [1.54, 1.807) is 12.5 Å². The van der Waals surface area contributed by atoms with Crippen LogP contribution in [0.1, 0.15) is 26.0 Å². The van der Waals surface area contributed by atoms with Gasteiger partial charge >= 0.3 is 0 Å². The van der Waals surface area contributed by atoms with Crippen LogP contribution in [0.25, 0.3) is 0 Å². The minimum Gasteiger partial charge on any atom is -0.354 e. The molecule has 0 spiro atoms. The largest absolute Gasteiger partial charge is 0.354 e. The Hall–Kier alpha value is -1.89. The summed E-state index contributed by atoms with van der Waals surface area (Å²) in [5.41, 5.74) is 6.19. The van der Waals surface area contributed by atoms with E-state index in [0.717, 1.165) is 5.69 Å². The van der Waals surface area contributed by atoms with Gasteiger partial charge in [-0.15, -0.1) is 0 Å². The van der Waals surface area contributed by atoms with Gasteiger partial charge in [-0.2, -0.15) is 0 Å². The molecule has 114 valence electrons. The van der Waals surface area contributed by atoms with Crippen LogP contribution < -0.4 is 16.4 Å². The Bertz CT molecular complexity index is 376. The van der Waals surface area contributed by atoms with Crippen LogP contribution in [0.5, 0.6) is 0 Å². The number of nitrogens with two attached hydrogens (primary N) is 1. The van der Waals surface area contributed by atoms with Crippen molar-refractivity contribution in [2.24, 2.45) is 11.7 Å². The van der Waals surface area contributed by atoms with E-state index in [-0.39, 0.29) is 18.4 Å². The third kappa shape index (κ3) is 11.2. The summed E-state index contributed by atoms with van der Waals surface area (Å²) in [6, 6.07) is 0. The first kappa shape index (κ1) is 18.1. The van der Waals surface area contributed by atoms with Gasteiger partial charge < -0.3 is 21.4 Å². The van der Waals surface area contributed by atoms with Gasteiger partial charge in [0.25, 0.3) is 0 Å². The van der Waals surface area contributed by atoms with E-state index < -0.39 is 0 Å². The van der Waals surface area contributed by atoms with Crippen LogP contribution in [0.15, 0.2) is 12.5 Å². The van der Waals surface area contributed by atoms with Gasteiger partial charge in [0.05, 0.1) is 12.9 Å². The summed E-state index contributed by atoms with van der Waals surface area (Å²) in [6.45, 7) is 6.80. The van der Waals surface area contributed by atoms with E-state index >= 15 is 0 Å². The summed E-state index contributed by atoms with van der Waals surface area (Å²) < 4.78 is 0. The predicted octanol–water partition coefficient (Wildman–Crippen LogP) is -0.0583. The first-order valence-electron chi connectivity index (χ1n) is 6.64. The lowest BCUT2D eigenvalue weighted by Crippen LogP contribution is -2.37. The van der Waals surface area contributed by atoms with Crippen molar-refractivity contribution >= 4 is 11.8 Å². The Morgan fingerprint density at radius 3 is 2.25 bits per heavy atom. The number of imidazole rings is 1. The molecule has 1 aromatic heterocycles. The molecule has 0 fully saturated rings.